The monoisotopic (exact) mass is 243 g/mol. The summed E-state index contributed by atoms with van der Waals surface area (Å²) in [4.78, 5) is 2.46. The molecule has 1 atom stereocenters. The maximum Gasteiger partial charge on any atom is 0.0669 e. The number of rotatable bonds is 4. The van der Waals surface area contributed by atoms with Crippen LogP contribution in [0.1, 0.15) is 38.5 Å². The minimum absolute atomic E-state index is 0.0776. The number of β-amino-alcohol motifs (C(OH)–C–C–N with tert-alkyl or cyclic N) is 1. The molecule has 0 spiro atoms. The van der Waals surface area contributed by atoms with Crippen molar-refractivity contribution >= 4 is 11.8 Å². The van der Waals surface area contributed by atoms with Gasteiger partial charge in [0, 0.05) is 18.8 Å². The Hall–Kier alpha value is 0.270. The Labute approximate surface area is 104 Å². The molecule has 94 valence electrons. The van der Waals surface area contributed by atoms with Crippen molar-refractivity contribution in [3.63, 3.8) is 0 Å². The maximum absolute atomic E-state index is 10.1. The van der Waals surface area contributed by atoms with E-state index in [4.69, 9.17) is 0 Å². The summed E-state index contributed by atoms with van der Waals surface area (Å²) in [6.45, 7) is 3.28. The van der Waals surface area contributed by atoms with Gasteiger partial charge in [0.1, 0.15) is 0 Å². The van der Waals surface area contributed by atoms with Crippen molar-refractivity contribution in [2.45, 2.75) is 44.6 Å². The van der Waals surface area contributed by atoms with Crippen LogP contribution in [-0.4, -0.2) is 47.3 Å². The summed E-state index contributed by atoms with van der Waals surface area (Å²) < 4.78 is 0. The van der Waals surface area contributed by atoms with Crippen LogP contribution in [0, 0.1) is 5.92 Å². The SMILES string of the molecule is OC(CC1CCCC1)CN1CCCSCC1. The number of aliphatic hydroxyl groups excluding tert-OH is 1. The van der Waals surface area contributed by atoms with E-state index in [1.165, 1.54) is 56.7 Å². The van der Waals surface area contributed by atoms with Crippen LogP contribution in [0.4, 0.5) is 0 Å². The highest BCUT2D eigenvalue weighted by Crippen LogP contribution is 2.28. The second-order valence-electron chi connectivity index (χ2n) is 5.31. The highest BCUT2D eigenvalue weighted by Gasteiger charge is 2.20. The molecule has 2 fully saturated rings. The fourth-order valence-electron chi connectivity index (χ4n) is 2.98. The molecule has 0 aromatic rings. The average molecular weight is 243 g/mol. The van der Waals surface area contributed by atoms with Gasteiger partial charge in [0.15, 0.2) is 0 Å². The first-order valence-electron chi connectivity index (χ1n) is 6.83. The van der Waals surface area contributed by atoms with Crippen LogP contribution in [0.2, 0.25) is 0 Å². The molecular formula is C13H25NOS. The van der Waals surface area contributed by atoms with Crippen LogP contribution in [0.25, 0.3) is 0 Å². The average Bonchev–Trinajstić information content (AvgIpc) is 2.62. The van der Waals surface area contributed by atoms with E-state index >= 15 is 0 Å². The van der Waals surface area contributed by atoms with Crippen molar-refractivity contribution in [3.8, 4) is 0 Å². The normalized spacial score (nSPS) is 26.8. The lowest BCUT2D eigenvalue weighted by molar-refractivity contribution is 0.0945. The third-order valence-corrected chi connectivity index (χ3v) is 4.91. The van der Waals surface area contributed by atoms with Gasteiger partial charge in [-0.15, -0.1) is 0 Å². The summed E-state index contributed by atoms with van der Waals surface area (Å²) in [6.07, 6.45) is 7.74. The van der Waals surface area contributed by atoms with E-state index < -0.39 is 0 Å². The van der Waals surface area contributed by atoms with Crippen LogP contribution in [0.15, 0.2) is 0 Å². The summed E-state index contributed by atoms with van der Waals surface area (Å²) >= 11 is 2.06. The molecule has 0 radical (unpaired) electrons. The van der Waals surface area contributed by atoms with Gasteiger partial charge in [-0.25, -0.2) is 0 Å². The molecule has 2 rings (SSSR count). The third kappa shape index (κ3) is 4.27. The minimum atomic E-state index is -0.0776. The first kappa shape index (κ1) is 12.7. The molecule has 1 unspecified atom stereocenters. The second-order valence-corrected chi connectivity index (χ2v) is 6.53. The molecule has 2 nitrogen and oxygen atoms in total. The van der Waals surface area contributed by atoms with E-state index in [-0.39, 0.29) is 6.10 Å². The Bertz CT molecular complexity index is 186. The highest BCUT2D eigenvalue weighted by molar-refractivity contribution is 7.99. The predicted molar refractivity (Wildman–Crippen MR) is 71.0 cm³/mol. The number of nitrogens with zero attached hydrogens (tertiary/aromatic N) is 1. The molecule has 16 heavy (non-hydrogen) atoms. The van der Waals surface area contributed by atoms with Gasteiger partial charge in [0.2, 0.25) is 0 Å². The summed E-state index contributed by atoms with van der Waals surface area (Å²) in [6, 6.07) is 0. The molecule has 0 aromatic heterocycles. The maximum atomic E-state index is 10.1. The van der Waals surface area contributed by atoms with E-state index in [2.05, 4.69) is 16.7 Å². The van der Waals surface area contributed by atoms with Crippen molar-refractivity contribution in [2.24, 2.45) is 5.92 Å². The van der Waals surface area contributed by atoms with Crippen molar-refractivity contribution in [2.75, 3.05) is 31.1 Å². The lowest BCUT2D eigenvalue weighted by atomic mass is 10.00. The zero-order chi connectivity index (χ0) is 11.2. The van der Waals surface area contributed by atoms with Gasteiger partial charge in [-0.2, -0.15) is 11.8 Å². The fraction of sp³-hybridized carbons (Fsp3) is 1.00. The Morgan fingerprint density at radius 1 is 1.12 bits per heavy atom. The smallest absolute Gasteiger partial charge is 0.0669 e. The Morgan fingerprint density at radius 2 is 1.94 bits per heavy atom. The summed E-state index contributed by atoms with van der Waals surface area (Å²) in [5, 5.41) is 10.1. The van der Waals surface area contributed by atoms with E-state index in [0.29, 0.717) is 0 Å². The number of hydrogen-bond donors (Lipinski definition) is 1. The molecule has 0 amide bonds. The standard InChI is InChI=1S/C13H25NOS/c15-13(10-12-4-1-2-5-12)11-14-6-3-8-16-9-7-14/h12-13,15H,1-11H2. The Balaban J connectivity index is 1.66. The topological polar surface area (TPSA) is 23.5 Å². The van der Waals surface area contributed by atoms with E-state index in [1.807, 2.05) is 0 Å². The Morgan fingerprint density at radius 3 is 2.75 bits per heavy atom. The van der Waals surface area contributed by atoms with Gasteiger partial charge >= 0.3 is 0 Å². The molecule has 1 aliphatic carbocycles. The lowest BCUT2D eigenvalue weighted by Gasteiger charge is -2.24. The molecule has 3 heteroatoms. The third-order valence-electron chi connectivity index (χ3n) is 3.86. The van der Waals surface area contributed by atoms with Gasteiger partial charge in [0.25, 0.3) is 0 Å². The van der Waals surface area contributed by atoms with Crippen molar-refractivity contribution in [1.82, 2.24) is 4.90 Å². The molecule has 1 saturated carbocycles. The van der Waals surface area contributed by atoms with Crippen molar-refractivity contribution < 1.29 is 5.11 Å². The van der Waals surface area contributed by atoms with E-state index in [9.17, 15) is 5.11 Å². The van der Waals surface area contributed by atoms with Crippen LogP contribution in [0.3, 0.4) is 0 Å². The molecule has 1 N–H and O–H groups in total. The number of thioether (sulfide) groups is 1. The highest BCUT2D eigenvalue weighted by atomic mass is 32.2. The van der Waals surface area contributed by atoms with Crippen LogP contribution >= 0.6 is 11.8 Å². The molecule has 1 saturated heterocycles. The van der Waals surface area contributed by atoms with Crippen LogP contribution in [0.5, 0.6) is 0 Å². The van der Waals surface area contributed by atoms with Gasteiger partial charge < -0.3 is 5.11 Å². The molecule has 2 aliphatic rings. The van der Waals surface area contributed by atoms with E-state index in [1.54, 1.807) is 0 Å². The number of hydrogen-bond acceptors (Lipinski definition) is 3. The molecule has 0 aromatic carbocycles. The van der Waals surface area contributed by atoms with E-state index in [0.717, 1.165) is 18.9 Å². The molecule has 0 bridgehead atoms. The zero-order valence-electron chi connectivity index (χ0n) is 10.2. The lowest BCUT2D eigenvalue weighted by Crippen LogP contribution is -2.34. The number of aliphatic hydroxyl groups is 1. The van der Waals surface area contributed by atoms with Crippen LogP contribution < -0.4 is 0 Å². The minimum Gasteiger partial charge on any atom is -0.392 e. The van der Waals surface area contributed by atoms with Gasteiger partial charge in [0.05, 0.1) is 6.10 Å². The molecule has 1 heterocycles. The Kier molecular flexibility index (Phi) is 5.46. The van der Waals surface area contributed by atoms with Crippen molar-refractivity contribution in [1.29, 1.82) is 0 Å². The molecule has 1 aliphatic heterocycles. The van der Waals surface area contributed by atoms with Gasteiger partial charge in [-0.3, -0.25) is 4.90 Å². The van der Waals surface area contributed by atoms with Crippen LogP contribution in [-0.2, 0) is 0 Å². The fourth-order valence-corrected chi connectivity index (χ4v) is 3.91. The van der Waals surface area contributed by atoms with Crippen molar-refractivity contribution in [3.05, 3.63) is 0 Å². The first-order chi connectivity index (χ1) is 7.84. The second kappa shape index (κ2) is 6.87. The largest absolute Gasteiger partial charge is 0.392 e. The zero-order valence-corrected chi connectivity index (χ0v) is 11.1. The molecular weight excluding hydrogens is 218 g/mol. The first-order valence-corrected chi connectivity index (χ1v) is 7.98. The van der Waals surface area contributed by atoms with Gasteiger partial charge in [-0.1, -0.05) is 25.7 Å². The summed E-state index contributed by atoms with van der Waals surface area (Å²) in [5.41, 5.74) is 0. The summed E-state index contributed by atoms with van der Waals surface area (Å²) in [7, 11) is 0. The predicted octanol–water partition coefficient (Wildman–Crippen LogP) is 2.37. The quantitative estimate of drug-likeness (QED) is 0.820. The van der Waals surface area contributed by atoms with Gasteiger partial charge in [-0.05, 0) is 31.1 Å². The summed E-state index contributed by atoms with van der Waals surface area (Å²) in [5.74, 6) is 3.36.